The molecule has 3 aromatic rings. The number of hydrogen-bond acceptors (Lipinski definition) is 3. The molecule has 0 aliphatic carbocycles. The standard InChI is InChI=1S/C16H16N2O2/c1-18-9-11(16-14(17)3-2-4-15(16)18)10-20-13-7-5-12(19)6-8-13/h2-9,19H,10,17H2,1H3. The third-order valence-electron chi connectivity index (χ3n) is 3.36. The van der Waals surface area contributed by atoms with E-state index in [0.717, 1.165) is 22.2 Å². The van der Waals surface area contributed by atoms with E-state index in [4.69, 9.17) is 10.5 Å². The smallest absolute Gasteiger partial charge is 0.120 e. The Kier molecular flexibility index (Phi) is 2.99. The summed E-state index contributed by atoms with van der Waals surface area (Å²) >= 11 is 0. The number of aryl methyl sites for hydroxylation is 1. The van der Waals surface area contributed by atoms with Crippen molar-refractivity contribution in [1.82, 2.24) is 4.57 Å². The number of benzene rings is 2. The monoisotopic (exact) mass is 268 g/mol. The molecule has 0 spiro atoms. The van der Waals surface area contributed by atoms with Gasteiger partial charge in [0.15, 0.2) is 0 Å². The highest BCUT2D eigenvalue weighted by molar-refractivity contribution is 5.94. The third-order valence-corrected chi connectivity index (χ3v) is 3.36. The van der Waals surface area contributed by atoms with Crippen molar-refractivity contribution in [3.63, 3.8) is 0 Å². The first-order valence-electron chi connectivity index (χ1n) is 6.39. The number of aromatic nitrogens is 1. The van der Waals surface area contributed by atoms with Crippen molar-refractivity contribution in [1.29, 1.82) is 0 Å². The molecule has 0 unspecified atom stereocenters. The van der Waals surface area contributed by atoms with Crippen LogP contribution in [0.5, 0.6) is 11.5 Å². The van der Waals surface area contributed by atoms with Gasteiger partial charge in [0.2, 0.25) is 0 Å². The molecule has 0 aliphatic heterocycles. The fourth-order valence-corrected chi connectivity index (χ4v) is 2.38. The summed E-state index contributed by atoms with van der Waals surface area (Å²) in [6.07, 6.45) is 2.03. The van der Waals surface area contributed by atoms with E-state index in [9.17, 15) is 5.11 Å². The van der Waals surface area contributed by atoms with Gasteiger partial charge in [-0.3, -0.25) is 0 Å². The Morgan fingerprint density at radius 3 is 2.65 bits per heavy atom. The van der Waals surface area contributed by atoms with Crippen LogP contribution < -0.4 is 10.5 Å². The fourth-order valence-electron chi connectivity index (χ4n) is 2.38. The molecule has 0 radical (unpaired) electrons. The van der Waals surface area contributed by atoms with Gasteiger partial charge in [0, 0.05) is 29.9 Å². The van der Waals surface area contributed by atoms with Gasteiger partial charge in [0.1, 0.15) is 18.1 Å². The minimum atomic E-state index is 0.228. The second-order valence-electron chi connectivity index (χ2n) is 4.79. The maximum Gasteiger partial charge on any atom is 0.120 e. The van der Waals surface area contributed by atoms with E-state index in [-0.39, 0.29) is 5.75 Å². The molecule has 4 heteroatoms. The quantitative estimate of drug-likeness (QED) is 0.718. The van der Waals surface area contributed by atoms with Crippen LogP contribution in [0.2, 0.25) is 0 Å². The zero-order valence-electron chi connectivity index (χ0n) is 11.2. The number of hydrogen-bond donors (Lipinski definition) is 2. The molecular formula is C16H16N2O2. The van der Waals surface area contributed by atoms with Crippen molar-refractivity contribution < 1.29 is 9.84 Å². The number of anilines is 1. The lowest BCUT2D eigenvalue weighted by molar-refractivity contribution is 0.307. The Morgan fingerprint density at radius 1 is 1.15 bits per heavy atom. The van der Waals surface area contributed by atoms with Gasteiger partial charge in [-0.1, -0.05) is 6.07 Å². The Morgan fingerprint density at radius 2 is 1.90 bits per heavy atom. The Balaban J connectivity index is 1.89. The number of nitrogen functional groups attached to an aromatic ring is 1. The maximum absolute atomic E-state index is 9.25. The number of phenolic OH excluding ortho intramolecular Hbond substituents is 1. The van der Waals surface area contributed by atoms with Crippen LogP contribution in [0.25, 0.3) is 10.9 Å². The van der Waals surface area contributed by atoms with Gasteiger partial charge < -0.3 is 20.1 Å². The summed E-state index contributed by atoms with van der Waals surface area (Å²) in [5, 5.41) is 10.3. The number of aromatic hydroxyl groups is 1. The number of nitrogens with two attached hydrogens (primary N) is 1. The van der Waals surface area contributed by atoms with Crippen LogP contribution >= 0.6 is 0 Å². The number of nitrogens with zero attached hydrogens (tertiary/aromatic N) is 1. The van der Waals surface area contributed by atoms with Crippen LogP contribution in [-0.2, 0) is 13.7 Å². The lowest BCUT2D eigenvalue weighted by Crippen LogP contribution is -1.95. The maximum atomic E-state index is 9.25. The van der Waals surface area contributed by atoms with Gasteiger partial charge in [-0.2, -0.15) is 0 Å². The molecule has 20 heavy (non-hydrogen) atoms. The second-order valence-corrected chi connectivity index (χ2v) is 4.79. The molecule has 1 aromatic heterocycles. The summed E-state index contributed by atoms with van der Waals surface area (Å²) in [4.78, 5) is 0. The lowest BCUT2D eigenvalue weighted by atomic mass is 10.1. The van der Waals surface area contributed by atoms with E-state index in [1.165, 1.54) is 0 Å². The van der Waals surface area contributed by atoms with E-state index in [2.05, 4.69) is 0 Å². The van der Waals surface area contributed by atoms with E-state index < -0.39 is 0 Å². The van der Waals surface area contributed by atoms with Crippen molar-refractivity contribution in [2.45, 2.75) is 6.61 Å². The summed E-state index contributed by atoms with van der Waals surface area (Å²) in [6, 6.07) is 12.6. The van der Waals surface area contributed by atoms with E-state index in [1.54, 1.807) is 24.3 Å². The van der Waals surface area contributed by atoms with E-state index in [0.29, 0.717) is 12.4 Å². The molecule has 0 saturated carbocycles. The number of ether oxygens (including phenoxy) is 1. The topological polar surface area (TPSA) is 60.4 Å². The number of phenols is 1. The van der Waals surface area contributed by atoms with Crippen LogP contribution in [0.3, 0.4) is 0 Å². The summed E-state index contributed by atoms with van der Waals surface area (Å²) in [7, 11) is 1.99. The Hall–Kier alpha value is -2.62. The van der Waals surface area contributed by atoms with Gasteiger partial charge in [-0.15, -0.1) is 0 Å². The Labute approximate surface area is 117 Å². The second kappa shape index (κ2) is 4.81. The molecule has 0 amide bonds. The van der Waals surface area contributed by atoms with Gasteiger partial charge in [-0.25, -0.2) is 0 Å². The first-order valence-corrected chi connectivity index (χ1v) is 6.39. The van der Waals surface area contributed by atoms with Crippen molar-refractivity contribution in [3.05, 3.63) is 54.2 Å². The van der Waals surface area contributed by atoms with Crippen molar-refractivity contribution in [2.75, 3.05) is 5.73 Å². The highest BCUT2D eigenvalue weighted by Gasteiger charge is 2.09. The Bertz CT molecular complexity index is 745. The fraction of sp³-hybridized carbons (Fsp3) is 0.125. The van der Waals surface area contributed by atoms with Crippen molar-refractivity contribution in [3.8, 4) is 11.5 Å². The van der Waals surface area contributed by atoms with Crippen LogP contribution in [0.4, 0.5) is 5.69 Å². The number of rotatable bonds is 3. The first-order chi connectivity index (χ1) is 9.65. The summed E-state index contributed by atoms with van der Waals surface area (Å²) < 4.78 is 7.79. The molecule has 0 bridgehead atoms. The minimum absolute atomic E-state index is 0.228. The lowest BCUT2D eigenvalue weighted by Gasteiger charge is -2.06. The molecule has 1 heterocycles. The van der Waals surface area contributed by atoms with Gasteiger partial charge in [-0.05, 0) is 36.4 Å². The summed E-state index contributed by atoms with van der Waals surface area (Å²) in [6.45, 7) is 0.441. The van der Waals surface area contributed by atoms with Gasteiger partial charge in [0.25, 0.3) is 0 Å². The third kappa shape index (κ3) is 2.16. The van der Waals surface area contributed by atoms with E-state index >= 15 is 0 Å². The van der Waals surface area contributed by atoms with Crippen molar-refractivity contribution in [2.24, 2.45) is 7.05 Å². The van der Waals surface area contributed by atoms with E-state index in [1.807, 2.05) is 36.0 Å². The first kappa shape index (κ1) is 12.4. The zero-order valence-corrected chi connectivity index (χ0v) is 11.2. The number of fused-ring (bicyclic) bond motifs is 1. The molecule has 0 saturated heterocycles. The molecule has 3 rings (SSSR count). The predicted molar refractivity (Wildman–Crippen MR) is 79.8 cm³/mol. The average molecular weight is 268 g/mol. The SMILES string of the molecule is Cn1cc(COc2ccc(O)cc2)c2c(N)cccc21. The van der Waals surface area contributed by atoms with Crippen LogP contribution in [0.1, 0.15) is 5.56 Å². The van der Waals surface area contributed by atoms with Crippen LogP contribution in [0.15, 0.2) is 48.7 Å². The highest BCUT2D eigenvalue weighted by Crippen LogP contribution is 2.27. The largest absolute Gasteiger partial charge is 0.508 e. The molecule has 0 atom stereocenters. The molecule has 4 nitrogen and oxygen atoms in total. The van der Waals surface area contributed by atoms with Crippen molar-refractivity contribution >= 4 is 16.6 Å². The molecule has 102 valence electrons. The molecule has 0 fully saturated rings. The zero-order chi connectivity index (χ0) is 14.1. The van der Waals surface area contributed by atoms with Crippen LogP contribution in [0, 0.1) is 0 Å². The molecule has 3 N–H and O–H groups in total. The molecular weight excluding hydrogens is 252 g/mol. The van der Waals surface area contributed by atoms with Crippen LogP contribution in [-0.4, -0.2) is 9.67 Å². The molecule has 0 aliphatic rings. The highest BCUT2D eigenvalue weighted by atomic mass is 16.5. The normalized spacial score (nSPS) is 10.8. The average Bonchev–Trinajstić information content (AvgIpc) is 2.77. The van der Waals surface area contributed by atoms with Gasteiger partial charge >= 0.3 is 0 Å². The summed E-state index contributed by atoms with van der Waals surface area (Å²) in [5.41, 5.74) is 8.96. The minimum Gasteiger partial charge on any atom is -0.508 e. The molecule has 2 aromatic carbocycles. The van der Waals surface area contributed by atoms with Gasteiger partial charge in [0.05, 0.1) is 5.52 Å². The predicted octanol–water partition coefficient (Wildman–Crippen LogP) is 3.05. The summed E-state index contributed by atoms with van der Waals surface area (Å²) in [5.74, 6) is 0.945.